The van der Waals surface area contributed by atoms with Crippen LogP contribution in [0.25, 0.3) is 10.9 Å². The number of anilines is 2. The van der Waals surface area contributed by atoms with Crippen LogP contribution >= 0.6 is 11.8 Å². The number of aromatic nitrogens is 1. The van der Waals surface area contributed by atoms with E-state index in [1.165, 1.54) is 11.8 Å². The van der Waals surface area contributed by atoms with Gasteiger partial charge in [-0.15, -0.1) is 11.8 Å². The van der Waals surface area contributed by atoms with Gasteiger partial charge in [-0.05, 0) is 36.2 Å². The number of amides is 2. The topological polar surface area (TPSA) is 71.1 Å². The van der Waals surface area contributed by atoms with Crippen LogP contribution in [-0.2, 0) is 4.79 Å². The van der Waals surface area contributed by atoms with E-state index >= 15 is 0 Å². The summed E-state index contributed by atoms with van der Waals surface area (Å²) in [6, 6.07) is 15.1. The van der Waals surface area contributed by atoms with E-state index in [1.54, 1.807) is 6.07 Å². The molecule has 0 fully saturated rings. The Morgan fingerprint density at radius 1 is 1.19 bits per heavy atom. The van der Waals surface area contributed by atoms with E-state index in [-0.39, 0.29) is 17.7 Å². The molecular weight excluding hydrogens is 358 g/mol. The Bertz CT molecular complexity index is 1060. The van der Waals surface area contributed by atoms with Gasteiger partial charge in [0.15, 0.2) is 0 Å². The molecule has 1 aliphatic heterocycles. The molecule has 2 N–H and O–H groups in total. The normalized spacial score (nSPS) is 13.4. The number of rotatable bonds is 3. The molecule has 0 spiro atoms. The van der Waals surface area contributed by atoms with Crippen molar-refractivity contribution >= 4 is 45.9 Å². The van der Waals surface area contributed by atoms with Gasteiger partial charge in [-0.2, -0.15) is 0 Å². The van der Waals surface area contributed by atoms with E-state index in [0.717, 1.165) is 27.2 Å². The quantitative estimate of drug-likeness (QED) is 0.697. The molecule has 0 atom stereocenters. The highest BCUT2D eigenvalue weighted by atomic mass is 32.2. The third-order valence-corrected chi connectivity index (χ3v) is 5.52. The highest BCUT2D eigenvalue weighted by Crippen LogP contribution is 2.33. The average Bonchev–Trinajstić information content (AvgIpc) is 2.66. The number of hydrogen-bond acceptors (Lipinski definition) is 4. The highest BCUT2D eigenvalue weighted by molar-refractivity contribution is 8.00. The van der Waals surface area contributed by atoms with Crippen LogP contribution in [0.5, 0.6) is 0 Å². The first-order chi connectivity index (χ1) is 13.0. The zero-order chi connectivity index (χ0) is 19.0. The van der Waals surface area contributed by atoms with E-state index in [2.05, 4.69) is 29.5 Å². The van der Waals surface area contributed by atoms with Crippen molar-refractivity contribution in [1.82, 2.24) is 4.98 Å². The smallest absolute Gasteiger partial charge is 0.256 e. The van der Waals surface area contributed by atoms with Crippen LogP contribution < -0.4 is 10.6 Å². The summed E-state index contributed by atoms with van der Waals surface area (Å²) >= 11 is 1.49. The molecule has 4 rings (SSSR count). The molecule has 3 aromatic rings. The summed E-state index contributed by atoms with van der Waals surface area (Å²) in [6.45, 7) is 4.12. The molecule has 0 radical (unpaired) electrons. The molecule has 0 bridgehead atoms. The molecule has 1 aliphatic rings. The minimum atomic E-state index is -0.190. The summed E-state index contributed by atoms with van der Waals surface area (Å²) in [4.78, 5) is 30.3. The standard InChI is InChI=1S/C21H19N3O2S/c1-12(2)17-10-15(14-5-3-4-6-16(14)23-17)21(26)22-13-7-8-19-18(9-13)24-20(25)11-27-19/h3-10,12H,11H2,1-2H3,(H,22,26)(H,24,25). The molecule has 0 unspecified atom stereocenters. The predicted octanol–water partition coefficient (Wildman–Crippen LogP) is 4.65. The number of carbonyl (C=O) groups is 2. The number of nitrogens with one attached hydrogen (secondary N) is 2. The van der Waals surface area contributed by atoms with Crippen LogP contribution in [0.3, 0.4) is 0 Å². The first-order valence-electron chi connectivity index (χ1n) is 8.79. The van der Waals surface area contributed by atoms with Gasteiger partial charge in [0.2, 0.25) is 5.91 Å². The number of para-hydroxylation sites is 1. The van der Waals surface area contributed by atoms with Crippen LogP contribution in [0, 0.1) is 0 Å². The molecule has 6 heteroatoms. The Labute approximate surface area is 161 Å². The molecule has 2 heterocycles. The van der Waals surface area contributed by atoms with E-state index in [9.17, 15) is 9.59 Å². The summed E-state index contributed by atoms with van der Waals surface area (Å²) in [5.41, 5.74) is 3.67. The second-order valence-corrected chi connectivity index (χ2v) is 7.79. The SMILES string of the molecule is CC(C)c1cc(C(=O)Nc2ccc3c(c2)NC(=O)CS3)c2ccccc2n1. The van der Waals surface area contributed by atoms with Crippen LogP contribution in [0.4, 0.5) is 11.4 Å². The molecule has 5 nitrogen and oxygen atoms in total. The van der Waals surface area contributed by atoms with Crippen molar-refractivity contribution < 1.29 is 9.59 Å². The number of nitrogens with zero attached hydrogens (tertiary/aromatic N) is 1. The van der Waals surface area contributed by atoms with Crippen LogP contribution in [0.1, 0.15) is 35.8 Å². The number of benzene rings is 2. The predicted molar refractivity (Wildman–Crippen MR) is 110 cm³/mol. The fraction of sp³-hybridized carbons (Fsp3) is 0.190. The van der Waals surface area contributed by atoms with Crippen molar-refractivity contribution in [2.24, 2.45) is 0 Å². The Kier molecular flexibility index (Phi) is 4.58. The lowest BCUT2D eigenvalue weighted by Crippen LogP contribution is -2.19. The van der Waals surface area contributed by atoms with Crippen LogP contribution in [0.2, 0.25) is 0 Å². The molecule has 0 saturated carbocycles. The summed E-state index contributed by atoms with van der Waals surface area (Å²) < 4.78 is 0. The van der Waals surface area contributed by atoms with Crippen LogP contribution in [-0.4, -0.2) is 22.6 Å². The molecular formula is C21H19N3O2S. The number of fused-ring (bicyclic) bond motifs is 2. The fourth-order valence-electron chi connectivity index (χ4n) is 3.04. The van der Waals surface area contributed by atoms with Gasteiger partial charge in [-0.1, -0.05) is 32.0 Å². The Morgan fingerprint density at radius 2 is 2.00 bits per heavy atom. The van der Waals surface area contributed by atoms with Crippen LogP contribution in [0.15, 0.2) is 53.4 Å². The maximum atomic E-state index is 13.0. The molecule has 0 aliphatic carbocycles. The summed E-state index contributed by atoms with van der Waals surface area (Å²) in [6.07, 6.45) is 0. The van der Waals surface area contributed by atoms with Crippen molar-refractivity contribution in [3.05, 3.63) is 59.8 Å². The molecule has 2 aromatic carbocycles. The third-order valence-electron chi connectivity index (χ3n) is 4.44. The largest absolute Gasteiger partial charge is 0.324 e. The van der Waals surface area contributed by atoms with Gasteiger partial charge < -0.3 is 10.6 Å². The summed E-state index contributed by atoms with van der Waals surface area (Å²) in [5, 5.41) is 6.62. The minimum absolute atomic E-state index is 0.0299. The van der Waals surface area contributed by atoms with Crippen molar-refractivity contribution in [2.75, 3.05) is 16.4 Å². The minimum Gasteiger partial charge on any atom is -0.324 e. The van der Waals surface area contributed by atoms with Crippen molar-refractivity contribution in [3.8, 4) is 0 Å². The molecule has 2 amide bonds. The van der Waals surface area contributed by atoms with Gasteiger partial charge in [0.05, 0.1) is 22.5 Å². The van der Waals surface area contributed by atoms with Gasteiger partial charge in [-0.3, -0.25) is 14.6 Å². The molecule has 1 aromatic heterocycles. The Hall–Kier alpha value is -2.86. The summed E-state index contributed by atoms with van der Waals surface area (Å²) in [7, 11) is 0. The second-order valence-electron chi connectivity index (χ2n) is 6.77. The number of hydrogen-bond donors (Lipinski definition) is 2. The van der Waals surface area contributed by atoms with Gasteiger partial charge in [0.1, 0.15) is 0 Å². The van der Waals surface area contributed by atoms with Gasteiger partial charge >= 0.3 is 0 Å². The molecule has 27 heavy (non-hydrogen) atoms. The van der Waals surface area contributed by atoms with E-state index < -0.39 is 0 Å². The number of thioether (sulfide) groups is 1. The lowest BCUT2D eigenvalue weighted by atomic mass is 10.0. The van der Waals surface area contributed by atoms with E-state index in [1.807, 2.05) is 42.5 Å². The van der Waals surface area contributed by atoms with Crippen molar-refractivity contribution in [2.45, 2.75) is 24.7 Å². The monoisotopic (exact) mass is 377 g/mol. The Morgan fingerprint density at radius 3 is 2.81 bits per heavy atom. The number of carbonyl (C=O) groups excluding carboxylic acids is 2. The maximum absolute atomic E-state index is 13.0. The van der Waals surface area contributed by atoms with E-state index in [4.69, 9.17) is 0 Å². The number of pyridine rings is 1. The second kappa shape index (κ2) is 7.04. The molecule has 0 saturated heterocycles. The Balaban J connectivity index is 1.69. The highest BCUT2D eigenvalue weighted by Gasteiger charge is 2.18. The van der Waals surface area contributed by atoms with Gasteiger partial charge in [0.25, 0.3) is 5.91 Å². The van der Waals surface area contributed by atoms with Crippen molar-refractivity contribution in [3.63, 3.8) is 0 Å². The third kappa shape index (κ3) is 3.53. The zero-order valence-electron chi connectivity index (χ0n) is 15.1. The van der Waals surface area contributed by atoms with Gasteiger partial charge in [0, 0.05) is 21.7 Å². The first-order valence-corrected chi connectivity index (χ1v) is 9.77. The lowest BCUT2D eigenvalue weighted by Gasteiger charge is -2.17. The first kappa shape index (κ1) is 17.5. The van der Waals surface area contributed by atoms with Gasteiger partial charge in [-0.25, -0.2) is 0 Å². The van der Waals surface area contributed by atoms with Crippen molar-refractivity contribution in [1.29, 1.82) is 0 Å². The average molecular weight is 377 g/mol. The molecule has 136 valence electrons. The zero-order valence-corrected chi connectivity index (χ0v) is 15.9. The fourth-order valence-corrected chi connectivity index (χ4v) is 3.83. The van der Waals surface area contributed by atoms with E-state index in [0.29, 0.717) is 17.0 Å². The maximum Gasteiger partial charge on any atom is 0.256 e. The lowest BCUT2D eigenvalue weighted by molar-refractivity contribution is -0.113. The summed E-state index contributed by atoms with van der Waals surface area (Å²) in [5.74, 6) is 0.416.